The second kappa shape index (κ2) is 4.78. The number of aromatic hydroxyl groups is 1. The van der Waals surface area contributed by atoms with Crippen molar-refractivity contribution in [1.29, 1.82) is 0 Å². The molecule has 0 atom stereocenters. The Balaban J connectivity index is 2.68. The van der Waals surface area contributed by atoms with Gasteiger partial charge in [-0.05, 0) is 28.9 Å². The quantitative estimate of drug-likeness (QED) is 0.850. The number of benzene rings is 2. The Labute approximate surface area is 114 Å². The van der Waals surface area contributed by atoms with Crippen molar-refractivity contribution in [2.45, 2.75) is 6.92 Å². The zero-order chi connectivity index (χ0) is 13.3. The maximum atomic E-state index is 11.6. The molecule has 0 aliphatic rings. The van der Waals surface area contributed by atoms with E-state index < -0.39 is 10.0 Å². The van der Waals surface area contributed by atoms with Gasteiger partial charge in [0.05, 0.1) is 15.9 Å². The van der Waals surface area contributed by atoms with Crippen LogP contribution in [-0.2, 0) is 10.0 Å². The predicted octanol–water partition coefficient (Wildman–Crippen LogP) is 3.07. The molecule has 0 unspecified atom stereocenters. The Hall–Kier alpha value is -1.27. The summed E-state index contributed by atoms with van der Waals surface area (Å²) in [5, 5.41) is 11.2. The van der Waals surface area contributed by atoms with Crippen molar-refractivity contribution in [3.05, 3.63) is 34.8 Å². The van der Waals surface area contributed by atoms with Crippen LogP contribution in [0.1, 0.15) is 6.92 Å². The number of hydrogen-bond donors (Lipinski definition) is 2. The first-order valence-electron chi connectivity index (χ1n) is 5.35. The maximum absolute atomic E-state index is 11.6. The minimum atomic E-state index is -3.35. The van der Waals surface area contributed by atoms with Crippen molar-refractivity contribution in [2.75, 3.05) is 10.5 Å². The van der Waals surface area contributed by atoms with Crippen LogP contribution in [0.3, 0.4) is 0 Å². The van der Waals surface area contributed by atoms with Gasteiger partial charge in [-0.15, -0.1) is 0 Å². The molecule has 18 heavy (non-hydrogen) atoms. The van der Waals surface area contributed by atoms with Crippen LogP contribution < -0.4 is 4.72 Å². The third kappa shape index (κ3) is 2.44. The smallest absolute Gasteiger partial charge is 0.232 e. The van der Waals surface area contributed by atoms with E-state index in [-0.39, 0.29) is 11.5 Å². The molecule has 0 aliphatic carbocycles. The molecule has 0 saturated heterocycles. The van der Waals surface area contributed by atoms with Gasteiger partial charge in [0.2, 0.25) is 10.0 Å². The van der Waals surface area contributed by atoms with Crippen LogP contribution in [-0.4, -0.2) is 19.3 Å². The molecule has 0 bridgehead atoms. The highest BCUT2D eigenvalue weighted by molar-refractivity contribution is 9.10. The molecule has 2 N–H and O–H groups in total. The number of phenols is 1. The van der Waals surface area contributed by atoms with E-state index in [0.717, 1.165) is 0 Å². The van der Waals surface area contributed by atoms with E-state index in [1.165, 1.54) is 0 Å². The molecule has 0 spiro atoms. The highest BCUT2D eigenvalue weighted by Gasteiger charge is 2.13. The van der Waals surface area contributed by atoms with Gasteiger partial charge in [0.1, 0.15) is 5.75 Å². The van der Waals surface area contributed by atoms with E-state index in [9.17, 15) is 13.5 Å². The number of rotatable bonds is 3. The Morgan fingerprint density at radius 2 is 1.89 bits per heavy atom. The van der Waals surface area contributed by atoms with Gasteiger partial charge in [0.15, 0.2) is 0 Å². The summed E-state index contributed by atoms with van der Waals surface area (Å²) >= 11 is 3.21. The molecule has 6 heteroatoms. The molecule has 2 rings (SSSR count). The van der Waals surface area contributed by atoms with E-state index in [4.69, 9.17) is 0 Å². The fraction of sp³-hybridized carbons (Fsp3) is 0.167. The normalized spacial score (nSPS) is 11.7. The summed E-state index contributed by atoms with van der Waals surface area (Å²) < 4.78 is 26.2. The fourth-order valence-electron chi connectivity index (χ4n) is 1.65. The summed E-state index contributed by atoms with van der Waals surface area (Å²) in [5.41, 5.74) is 0.456. The molecule has 0 aromatic heterocycles. The van der Waals surface area contributed by atoms with E-state index >= 15 is 0 Å². The number of halogens is 1. The standard InChI is InChI=1S/C12H12BrNO3S/c1-2-18(16,17)14-11-7-10(13)12(15)9-6-4-3-5-8(9)11/h3-7,14-15H,2H2,1H3. The van der Waals surface area contributed by atoms with Gasteiger partial charge < -0.3 is 5.11 Å². The SMILES string of the molecule is CCS(=O)(=O)Nc1cc(Br)c(O)c2ccccc12. The highest BCUT2D eigenvalue weighted by atomic mass is 79.9. The topological polar surface area (TPSA) is 66.4 Å². The molecule has 2 aromatic rings. The third-order valence-electron chi connectivity index (χ3n) is 2.62. The molecule has 4 nitrogen and oxygen atoms in total. The summed E-state index contributed by atoms with van der Waals surface area (Å²) in [5.74, 6) is 0.102. The van der Waals surface area contributed by atoms with E-state index in [1.807, 2.05) is 0 Å². The molecule has 0 heterocycles. The molecule has 0 aliphatic heterocycles. The number of hydrogen-bond acceptors (Lipinski definition) is 3. The van der Waals surface area contributed by atoms with Gasteiger partial charge in [0.25, 0.3) is 0 Å². The van der Waals surface area contributed by atoms with E-state index in [2.05, 4.69) is 20.7 Å². The molecule has 0 fully saturated rings. The average molecular weight is 330 g/mol. The molecular weight excluding hydrogens is 318 g/mol. The molecule has 96 valence electrons. The minimum absolute atomic E-state index is 0.000176. The Kier molecular flexibility index (Phi) is 3.49. The van der Waals surface area contributed by atoms with E-state index in [0.29, 0.717) is 20.9 Å². The van der Waals surface area contributed by atoms with Gasteiger partial charge in [-0.1, -0.05) is 24.3 Å². The Morgan fingerprint density at radius 3 is 2.50 bits per heavy atom. The predicted molar refractivity (Wildman–Crippen MR) is 76.4 cm³/mol. The van der Waals surface area contributed by atoms with Crippen LogP contribution in [0.4, 0.5) is 5.69 Å². The number of sulfonamides is 1. The summed E-state index contributed by atoms with van der Waals surface area (Å²) in [7, 11) is -3.35. The van der Waals surface area contributed by atoms with Crippen molar-refractivity contribution < 1.29 is 13.5 Å². The lowest BCUT2D eigenvalue weighted by Crippen LogP contribution is -2.14. The fourth-order valence-corrected chi connectivity index (χ4v) is 2.74. The van der Waals surface area contributed by atoms with Crippen LogP contribution in [0.25, 0.3) is 10.8 Å². The van der Waals surface area contributed by atoms with Crippen LogP contribution in [0.2, 0.25) is 0 Å². The lowest BCUT2D eigenvalue weighted by atomic mass is 10.1. The summed E-state index contributed by atoms with van der Waals surface area (Å²) in [6.07, 6.45) is 0. The second-order valence-corrected chi connectivity index (χ2v) is 6.67. The lowest BCUT2D eigenvalue weighted by Gasteiger charge is -2.11. The third-order valence-corrected chi connectivity index (χ3v) is 4.51. The number of fused-ring (bicyclic) bond motifs is 1. The molecular formula is C12H12BrNO3S. The van der Waals surface area contributed by atoms with Gasteiger partial charge in [-0.25, -0.2) is 8.42 Å². The first-order valence-corrected chi connectivity index (χ1v) is 7.80. The minimum Gasteiger partial charge on any atom is -0.506 e. The maximum Gasteiger partial charge on any atom is 0.232 e. The van der Waals surface area contributed by atoms with Gasteiger partial charge in [0, 0.05) is 10.8 Å². The molecule has 0 amide bonds. The lowest BCUT2D eigenvalue weighted by molar-refractivity contribution is 0.478. The van der Waals surface area contributed by atoms with Gasteiger partial charge in [-0.2, -0.15) is 0 Å². The van der Waals surface area contributed by atoms with Crippen LogP contribution in [0, 0.1) is 0 Å². The van der Waals surface area contributed by atoms with Crippen LogP contribution >= 0.6 is 15.9 Å². The Morgan fingerprint density at radius 1 is 1.28 bits per heavy atom. The first-order chi connectivity index (χ1) is 8.44. The Bertz CT molecular complexity index is 698. The second-order valence-electron chi connectivity index (χ2n) is 3.81. The number of anilines is 1. The first kappa shape index (κ1) is 13.2. The van der Waals surface area contributed by atoms with Crippen molar-refractivity contribution in [1.82, 2.24) is 0 Å². The molecule has 0 saturated carbocycles. The molecule has 0 radical (unpaired) electrons. The average Bonchev–Trinajstić information content (AvgIpc) is 2.35. The van der Waals surface area contributed by atoms with E-state index in [1.54, 1.807) is 37.3 Å². The van der Waals surface area contributed by atoms with Crippen molar-refractivity contribution in [3.8, 4) is 5.75 Å². The van der Waals surface area contributed by atoms with Gasteiger partial charge in [-0.3, -0.25) is 4.72 Å². The van der Waals surface area contributed by atoms with Crippen molar-refractivity contribution in [3.63, 3.8) is 0 Å². The van der Waals surface area contributed by atoms with Crippen molar-refractivity contribution >= 4 is 42.4 Å². The zero-order valence-corrected chi connectivity index (χ0v) is 12.0. The highest BCUT2D eigenvalue weighted by Crippen LogP contribution is 2.37. The monoisotopic (exact) mass is 329 g/mol. The number of phenolic OH excluding ortho intramolecular Hbond substituents is 1. The van der Waals surface area contributed by atoms with Crippen LogP contribution in [0.5, 0.6) is 5.75 Å². The largest absolute Gasteiger partial charge is 0.506 e. The zero-order valence-electron chi connectivity index (χ0n) is 9.64. The van der Waals surface area contributed by atoms with Crippen molar-refractivity contribution in [2.24, 2.45) is 0 Å². The number of nitrogens with one attached hydrogen (secondary N) is 1. The summed E-state index contributed by atoms with van der Waals surface area (Å²) in [6, 6.07) is 8.63. The molecule has 2 aromatic carbocycles. The van der Waals surface area contributed by atoms with Crippen LogP contribution in [0.15, 0.2) is 34.8 Å². The summed E-state index contributed by atoms with van der Waals surface area (Å²) in [4.78, 5) is 0. The summed E-state index contributed by atoms with van der Waals surface area (Å²) in [6.45, 7) is 1.57. The van der Waals surface area contributed by atoms with Gasteiger partial charge >= 0.3 is 0 Å².